The Hall–Kier alpha value is -1.32. The molecule has 236 valence electrons. The van der Waals surface area contributed by atoms with E-state index in [4.69, 9.17) is 10.2 Å². The Morgan fingerprint density at radius 2 is 0.675 bits per heavy atom. The van der Waals surface area contributed by atoms with Gasteiger partial charge in [0.15, 0.2) is 0 Å². The van der Waals surface area contributed by atoms with E-state index in [-0.39, 0.29) is 0 Å². The average molecular weight is 565 g/mol. The summed E-state index contributed by atoms with van der Waals surface area (Å²) in [7, 11) is 0. The maximum absolute atomic E-state index is 10.6. The zero-order valence-corrected chi connectivity index (χ0v) is 26.7. The van der Waals surface area contributed by atoms with Crippen molar-refractivity contribution >= 4 is 11.9 Å². The van der Waals surface area contributed by atoms with Crippen molar-refractivity contribution < 1.29 is 19.8 Å². The monoisotopic (exact) mass is 565 g/mol. The predicted octanol–water partition coefficient (Wildman–Crippen LogP) is 12.2. The van der Waals surface area contributed by atoms with Crippen molar-refractivity contribution in [3.8, 4) is 0 Å². The fourth-order valence-electron chi connectivity index (χ4n) is 5.64. The molecule has 0 aliphatic carbocycles. The van der Waals surface area contributed by atoms with Gasteiger partial charge in [0, 0.05) is 12.8 Å². The molecule has 0 aromatic carbocycles. The largest absolute Gasteiger partial charge is 0.481 e. The molecule has 4 nitrogen and oxygen atoms in total. The molecule has 0 unspecified atom stereocenters. The van der Waals surface area contributed by atoms with E-state index in [1.807, 2.05) is 0 Å². The van der Waals surface area contributed by atoms with E-state index in [0.717, 1.165) is 25.7 Å². The first-order valence-corrected chi connectivity index (χ1v) is 17.7. The first-order chi connectivity index (χ1) is 19.6. The lowest BCUT2D eigenvalue weighted by Gasteiger charge is -2.09. The van der Waals surface area contributed by atoms with Gasteiger partial charge in [0.2, 0.25) is 0 Å². The number of carboxylic acid groups (broad SMARTS) is 2. The summed E-state index contributed by atoms with van der Waals surface area (Å²) >= 11 is 0. The molecule has 0 aliphatic rings. The van der Waals surface area contributed by atoms with Gasteiger partial charge in [0.25, 0.3) is 0 Å². The highest BCUT2D eigenvalue weighted by Crippen LogP contribution is 2.21. The molecule has 0 fully saturated rings. The summed E-state index contributed by atoms with van der Waals surface area (Å²) in [5, 5.41) is 17.4. The Morgan fingerprint density at radius 1 is 0.400 bits per heavy atom. The molecule has 0 aromatic heterocycles. The quantitative estimate of drug-likeness (QED) is 0.0614. The van der Waals surface area contributed by atoms with Crippen molar-refractivity contribution in [2.45, 2.75) is 206 Å². The van der Waals surface area contributed by atoms with Gasteiger partial charge in [-0.2, -0.15) is 0 Å². The molecule has 40 heavy (non-hydrogen) atoms. The van der Waals surface area contributed by atoms with Gasteiger partial charge in [0.1, 0.15) is 0 Å². The molecule has 0 saturated carbocycles. The minimum atomic E-state index is -0.660. The van der Waals surface area contributed by atoms with Crippen LogP contribution in [0.3, 0.4) is 0 Å². The molecule has 0 aromatic rings. The second-order valence-corrected chi connectivity index (χ2v) is 12.3. The van der Waals surface area contributed by atoms with Crippen LogP contribution in [0.5, 0.6) is 0 Å². The molecule has 0 atom stereocenters. The van der Waals surface area contributed by atoms with E-state index in [1.54, 1.807) is 5.57 Å². The van der Waals surface area contributed by atoms with Gasteiger partial charge in [-0.1, -0.05) is 153 Å². The summed E-state index contributed by atoms with van der Waals surface area (Å²) in [4.78, 5) is 21.1. The van der Waals surface area contributed by atoms with Crippen molar-refractivity contribution in [1.29, 1.82) is 0 Å². The summed E-state index contributed by atoms with van der Waals surface area (Å²) in [6.07, 6.45) is 40.3. The van der Waals surface area contributed by atoms with Gasteiger partial charge in [0.05, 0.1) is 0 Å². The number of rotatable bonds is 33. The molecule has 0 heterocycles. The highest BCUT2D eigenvalue weighted by molar-refractivity contribution is 5.66. The van der Waals surface area contributed by atoms with Crippen LogP contribution in [-0.4, -0.2) is 22.2 Å². The molecule has 0 saturated heterocycles. The molecule has 4 heteroatoms. The Labute approximate surface area is 249 Å². The molecule has 0 spiro atoms. The van der Waals surface area contributed by atoms with Crippen LogP contribution in [0, 0.1) is 0 Å². The first kappa shape index (κ1) is 38.7. The zero-order valence-electron chi connectivity index (χ0n) is 26.7. The number of carbonyl (C=O) groups is 2. The van der Waals surface area contributed by atoms with E-state index in [1.165, 1.54) is 161 Å². The van der Waals surface area contributed by atoms with Crippen molar-refractivity contribution in [2.75, 3.05) is 0 Å². The average Bonchev–Trinajstić information content (AvgIpc) is 2.92. The predicted molar refractivity (Wildman–Crippen MR) is 172 cm³/mol. The maximum Gasteiger partial charge on any atom is 0.303 e. The lowest BCUT2D eigenvalue weighted by Crippen LogP contribution is -1.93. The Morgan fingerprint density at radius 3 is 0.975 bits per heavy atom. The molecular formula is C36H68O4. The van der Waals surface area contributed by atoms with Crippen LogP contribution < -0.4 is 0 Å². The fraction of sp³-hybridized carbons (Fsp3) is 0.889. The van der Waals surface area contributed by atoms with Crippen LogP contribution >= 0.6 is 0 Å². The fourth-order valence-corrected chi connectivity index (χ4v) is 5.64. The lowest BCUT2D eigenvalue weighted by atomic mass is 9.97. The van der Waals surface area contributed by atoms with Crippen molar-refractivity contribution in [3.05, 3.63) is 11.6 Å². The minimum Gasteiger partial charge on any atom is -0.481 e. The molecule has 0 radical (unpaired) electrons. The third kappa shape index (κ3) is 32.9. The van der Waals surface area contributed by atoms with Crippen LogP contribution in [0.1, 0.15) is 206 Å². The summed E-state index contributed by atoms with van der Waals surface area (Å²) < 4.78 is 0. The van der Waals surface area contributed by atoms with Crippen LogP contribution in [0.4, 0.5) is 0 Å². The molecule has 0 rings (SSSR count). The first-order valence-electron chi connectivity index (χ1n) is 17.7. The van der Waals surface area contributed by atoms with Crippen molar-refractivity contribution in [1.82, 2.24) is 0 Å². The highest BCUT2D eigenvalue weighted by atomic mass is 16.4. The lowest BCUT2D eigenvalue weighted by molar-refractivity contribution is -0.138. The summed E-state index contributed by atoms with van der Waals surface area (Å²) in [6.45, 7) is 2.28. The van der Waals surface area contributed by atoms with E-state index in [2.05, 4.69) is 13.0 Å². The van der Waals surface area contributed by atoms with E-state index < -0.39 is 11.9 Å². The summed E-state index contributed by atoms with van der Waals surface area (Å²) in [5.41, 5.74) is 1.72. The van der Waals surface area contributed by atoms with Gasteiger partial charge in [-0.05, 0) is 51.4 Å². The van der Waals surface area contributed by atoms with E-state index in [0.29, 0.717) is 12.8 Å². The minimum absolute atomic E-state index is 0.328. The number of hydrogen-bond donors (Lipinski definition) is 2. The summed E-state index contributed by atoms with van der Waals surface area (Å²) in [6, 6.07) is 0. The topological polar surface area (TPSA) is 74.6 Å². The van der Waals surface area contributed by atoms with Gasteiger partial charge in [-0.15, -0.1) is 0 Å². The smallest absolute Gasteiger partial charge is 0.303 e. The molecule has 0 bridgehead atoms. The highest BCUT2D eigenvalue weighted by Gasteiger charge is 2.02. The molecular weight excluding hydrogens is 496 g/mol. The van der Waals surface area contributed by atoms with Crippen LogP contribution in [0.25, 0.3) is 0 Å². The Bertz CT molecular complexity index is 583. The van der Waals surface area contributed by atoms with Crippen molar-refractivity contribution in [3.63, 3.8) is 0 Å². The number of carboxylic acids is 2. The molecule has 0 amide bonds. The third-order valence-corrected chi connectivity index (χ3v) is 8.27. The second kappa shape index (κ2) is 32.2. The van der Waals surface area contributed by atoms with Crippen LogP contribution in [0.15, 0.2) is 11.6 Å². The number of unbranched alkanes of at least 4 members (excludes halogenated alkanes) is 24. The van der Waals surface area contributed by atoms with Gasteiger partial charge in [-0.3, -0.25) is 9.59 Å². The van der Waals surface area contributed by atoms with Gasteiger partial charge >= 0.3 is 11.9 Å². The zero-order chi connectivity index (χ0) is 29.4. The van der Waals surface area contributed by atoms with Crippen molar-refractivity contribution in [2.24, 2.45) is 0 Å². The third-order valence-electron chi connectivity index (χ3n) is 8.27. The molecule has 2 N–H and O–H groups in total. The maximum atomic E-state index is 10.6. The molecule has 0 aliphatic heterocycles. The summed E-state index contributed by atoms with van der Waals surface area (Å²) in [5.74, 6) is -1.32. The van der Waals surface area contributed by atoms with E-state index in [9.17, 15) is 9.59 Å². The Kier molecular flexibility index (Phi) is 31.1. The second-order valence-electron chi connectivity index (χ2n) is 12.3. The number of aliphatic carboxylic acids is 2. The van der Waals surface area contributed by atoms with Crippen LogP contribution in [-0.2, 0) is 9.59 Å². The van der Waals surface area contributed by atoms with E-state index >= 15 is 0 Å². The number of allylic oxidation sites excluding steroid dienone is 2. The van der Waals surface area contributed by atoms with Crippen LogP contribution in [0.2, 0.25) is 0 Å². The van der Waals surface area contributed by atoms with Gasteiger partial charge in [-0.25, -0.2) is 0 Å². The standard InChI is InChI=1S/C36H68O4/c1-2-3-4-19-24-29-34(31-26-21-16-14-18-23-28-33-36(39)40)30-25-20-15-12-10-8-6-5-7-9-11-13-17-22-27-32-35(37)38/h29H,2-28,30-33H2,1H3,(H,37,38)(H,39,40). The SMILES string of the molecule is CCCCCCC=C(CCCCCCCCCCCCCCCCCC(=O)O)CCCCCCCCCC(=O)O. The Balaban J connectivity index is 3.72. The van der Waals surface area contributed by atoms with Gasteiger partial charge < -0.3 is 10.2 Å². The number of hydrogen-bond acceptors (Lipinski definition) is 2. The normalized spacial score (nSPS) is 11.8.